The summed E-state index contributed by atoms with van der Waals surface area (Å²) in [6.45, 7) is 3.80. The Kier molecular flexibility index (Phi) is 5.07. The standard InChI is InChI=1S/C19H18N4O3/c1-3-6-15(24)23-13-8-5-7-12(9-13)17-16-14(19(25)26-4-2)10-20-18(16)22-11-21-17/h3,5-11H,4H2,1-2H3,(H,23,24)(H,20,21,22). The molecule has 0 radical (unpaired) electrons. The Bertz CT molecular complexity index is 991. The van der Waals surface area contributed by atoms with E-state index < -0.39 is 5.97 Å². The minimum absolute atomic E-state index is 0.216. The lowest BCUT2D eigenvalue weighted by Crippen LogP contribution is -2.07. The second-order valence-electron chi connectivity index (χ2n) is 5.44. The number of carbonyl (C=O) groups is 2. The highest BCUT2D eigenvalue weighted by atomic mass is 16.5. The quantitative estimate of drug-likeness (QED) is 0.543. The van der Waals surface area contributed by atoms with Crippen molar-refractivity contribution in [1.29, 1.82) is 0 Å². The third-order valence-electron chi connectivity index (χ3n) is 3.69. The summed E-state index contributed by atoms with van der Waals surface area (Å²) in [7, 11) is 0. The fourth-order valence-corrected chi connectivity index (χ4v) is 2.63. The number of aromatic nitrogens is 3. The van der Waals surface area contributed by atoms with Gasteiger partial charge in [-0.05, 0) is 32.1 Å². The van der Waals surface area contributed by atoms with Gasteiger partial charge in [0.05, 0.1) is 23.3 Å². The zero-order valence-electron chi connectivity index (χ0n) is 14.4. The van der Waals surface area contributed by atoms with E-state index in [0.29, 0.717) is 28.0 Å². The first-order chi connectivity index (χ1) is 12.6. The normalized spacial score (nSPS) is 11.0. The number of rotatable bonds is 5. The van der Waals surface area contributed by atoms with Gasteiger partial charge < -0.3 is 15.0 Å². The lowest BCUT2D eigenvalue weighted by atomic mass is 10.1. The molecule has 1 aromatic carbocycles. The smallest absolute Gasteiger partial charge is 0.340 e. The summed E-state index contributed by atoms with van der Waals surface area (Å²) in [5.74, 6) is -0.654. The fraction of sp³-hybridized carbons (Fsp3) is 0.158. The first kappa shape index (κ1) is 17.3. The zero-order chi connectivity index (χ0) is 18.5. The number of esters is 1. The number of amides is 1. The van der Waals surface area contributed by atoms with E-state index in [2.05, 4.69) is 20.3 Å². The van der Waals surface area contributed by atoms with Crippen molar-refractivity contribution in [3.05, 3.63) is 54.5 Å². The van der Waals surface area contributed by atoms with Crippen LogP contribution in [0.15, 0.2) is 48.9 Å². The van der Waals surface area contributed by atoms with E-state index in [0.717, 1.165) is 5.56 Å². The summed E-state index contributed by atoms with van der Waals surface area (Å²) in [4.78, 5) is 35.5. The van der Waals surface area contributed by atoms with E-state index in [1.165, 1.54) is 12.4 Å². The van der Waals surface area contributed by atoms with Crippen LogP contribution in [0.1, 0.15) is 24.2 Å². The van der Waals surface area contributed by atoms with Crippen LogP contribution in [0.25, 0.3) is 22.3 Å². The predicted octanol–water partition coefficient (Wildman–Crippen LogP) is 3.32. The third-order valence-corrected chi connectivity index (χ3v) is 3.69. The number of allylic oxidation sites excluding steroid dienone is 1. The highest BCUT2D eigenvalue weighted by molar-refractivity contribution is 6.08. The van der Waals surface area contributed by atoms with Crippen molar-refractivity contribution in [2.45, 2.75) is 13.8 Å². The number of nitrogens with zero attached hydrogens (tertiary/aromatic N) is 2. The van der Waals surface area contributed by atoms with Crippen LogP contribution in [-0.2, 0) is 9.53 Å². The molecule has 0 unspecified atom stereocenters. The van der Waals surface area contributed by atoms with Gasteiger partial charge >= 0.3 is 5.97 Å². The Morgan fingerprint density at radius 3 is 2.92 bits per heavy atom. The van der Waals surface area contributed by atoms with E-state index >= 15 is 0 Å². The van der Waals surface area contributed by atoms with Crippen LogP contribution >= 0.6 is 0 Å². The minimum atomic E-state index is -0.438. The average Bonchev–Trinajstić information content (AvgIpc) is 3.06. The van der Waals surface area contributed by atoms with Crippen molar-refractivity contribution in [1.82, 2.24) is 15.0 Å². The van der Waals surface area contributed by atoms with Gasteiger partial charge in [-0.25, -0.2) is 14.8 Å². The average molecular weight is 350 g/mol. The van der Waals surface area contributed by atoms with Crippen molar-refractivity contribution < 1.29 is 14.3 Å². The SMILES string of the molecule is CC=CC(=O)Nc1cccc(-c2ncnc3[nH]cc(C(=O)OCC)c23)c1. The molecule has 0 aliphatic rings. The zero-order valence-corrected chi connectivity index (χ0v) is 14.4. The van der Waals surface area contributed by atoms with E-state index in [1.54, 1.807) is 38.3 Å². The maximum atomic E-state index is 12.2. The highest BCUT2D eigenvalue weighted by Crippen LogP contribution is 2.30. The van der Waals surface area contributed by atoms with Crippen LogP contribution in [0.5, 0.6) is 0 Å². The van der Waals surface area contributed by atoms with Gasteiger partial charge in [0.15, 0.2) is 0 Å². The molecule has 0 spiro atoms. The molecule has 0 fully saturated rings. The van der Waals surface area contributed by atoms with Crippen molar-refractivity contribution in [3.63, 3.8) is 0 Å². The number of nitrogens with one attached hydrogen (secondary N) is 2. The van der Waals surface area contributed by atoms with Crippen LogP contribution in [0.2, 0.25) is 0 Å². The van der Waals surface area contributed by atoms with Crippen LogP contribution in [0.4, 0.5) is 5.69 Å². The van der Waals surface area contributed by atoms with E-state index in [-0.39, 0.29) is 12.5 Å². The second-order valence-corrected chi connectivity index (χ2v) is 5.44. The number of fused-ring (bicyclic) bond motifs is 1. The lowest BCUT2D eigenvalue weighted by Gasteiger charge is -2.08. The first-order valence-corrected chi connectivity index (χ1v) is 8.17. The Morgan fingerprint density at radius 1 is 1.31 bits per heavy atom. The maximum absolute atomic E-state index is 12.2. The molecule has 0 atom stereocenters. The molecule has 0 aliphatic heterocycles. The molecule has 0 saturated carbocycles. The first-order valence-electron chi connectivity index (χ1n) is 8.17. The van der Waals surface area contributed by atoms with Gasteiger partial charge in [0.1, 0.15) is 12.0 Å². The molecule has 0 aliphatic carbocycles. The topological polar surface area (TPSA) is 97.0 Å². The summed E-state index contributed by atoms with van der Waals surface area (Å²) < 4.78 is 5.11. The number of hydrogen-bond acceptors (Lipinski definition) is 5. The van der Waals surface area contributed by atoms with Gasteiger partial charge in [0.2, 0.25) is 5.91 Å². The second kappa shape index (κ2) is 7.60. The van der Waals surface area contributed by atoms with Crippen molar-refractivity contribution in [2.75, 3.05) is 11.9 Å². The summed E-state index contributed by atoms with van der Waals surface area (Å²) in [6.07, 6.45) is 6.10. The van der Waals surface area contributed by atoms with Gasteiger partial charge in [0.25, 0.3) is 0 Å². The molecule has 26 heavy (non-hydrogen) atoms. The molecular formula is C19H18N4O3. The predicted molar refractivity (Wildman–Crippen MR) is 98.7 cm³/mol. The fourth-order valence-electron chi connectivity index (χ4n) is 2.63. The van der Waals surface area contributed by atoms with Crippen LogP contribution < -0.4 is 5.32 Å². The molecule has 2 N–H and O–H groups in total. The van der Waals surface area contributed by atoms with Crippen molar-refractivity contribution >= 4 is 28.6 Å². The van der Waals surface area contributed by atoms with Crippen molar-refractivity contribution in [2.24, 2.45) is 0 Å². The molecule has 132 valence electrons. The molecule has 0 bridgehead atoms. The Hall–Kier alpha value is -3.48. The van der Waals surface area contributed by atoms with E-state index in [9.17, 15) is 9.59 Å². The Labute approximate surface area is 150 Å². The van der Waals surface area contributed by atoms with Crippen LogP contribution in [0.3, 0.4) is 0 Å². The molecule has 2 aromatic heterocycles. The van der Waals surface area contributed by atoms with Gasteiger partial charge in [-0.3, -0.25) is 4.79 Å². The number of ether oxygens (including phenoxy) is 1. The minimum Gasteiger partial charge on any atom is -0.462 e. The van der Waals surface area contributed by atoms with Gasteiger partial charge in [-0.1, -0.05) is 18.2 Å². The Balaban J connectivity index is 2.07. The summed E-state index contributed by atoms with van der Waals surface area (Å²) in [5.41, 5.74) is 2.88. The monoisotopic (exact) mass is 350 g/mol. The number of carbonyl (C=O) groups excluding carboxylic acids is 2. The number of aromatic amines is 1. The summed E-state index contributed by atoms with van der Waals surface area (Å²) >= 11 is 0. The Morgan fingerprint density at radius 2 is 2.15 bits per heavy atom. The molecule has 7 heteroatoms. The molecule has 3 rings (SSSR count). The molecule has 2 heterocycles. The molecular weight excluding hydrogens is 332 g/mol. The van der Waals surface area contributed by atoms with E-state index in [4.69, 9.17) is 4.74 Å². The molecule has 1 amide bonds. The number of anilines is 1. The largest absolute Gasteiger partial charge is 0.462 e. The number of benzene rings is 1. The third kappa shape index (κ3) is 3.46. The van der Waals surface area contributed by atoms with Gasteiger partial charge in [-0.2, -0.15) is 0 Å². The van der Waals surface area contributed by atoms with Gasteiger partial charge in [0, 0.05) is 17.4 Å². The maximum Gasteiger partial charge on any atom is 0.340 e. The van der Waals surface area contributed by atoms with Crippen molar-refractivity contribution in [3.8, 4) is 11.3 Å². The number of hydrogen-bond donors (Lipinski definition) is 2. The molecule has 3 aromatic rings. The van der Waals surface area contributed by atoms with Crippen LogP contribution in [-0.4, -0.2) is 33.4 Å². The summed E-state index contributed by atoms with van der Waals surface area (Å²) in [6, 6.07) is 7.25. The molecule has 0 saturated heterocycles. The van der Waals surface area contributed by atoms with Gasteiger partial charge in [-0.15, -0.1) is 0 Å². The van der Waals surface area contributed by atoms with E-state index in [1.807, 2.05) is 12.1 Å². The lowest BCUT2D eigenvalue weighted by molar-refractivity contribution is -0.111. The number of H-pyrrole nitrogens is 1. The highest BCUT2D eigenvalue weighted by Gasteiger charge is 2.19. The summed E-state index contributed by atoms with van der Waals surface area (Å²) in [5, 5.41) is 3.37. The van der Waals surface area contributed by atoms with Crippen LogP contribution in [0, 0.1) is 0 Å². The molecule has 7 nitrogen and oxygen atoms in total.